The molecule has 3 N–H and O–H groups in total. The lowest BCUT2D eigenvalue weighted by atomic mass is 10.4. The minimum Gasteiger partial charge on any atom is -0.307 e. The Kier molecular flexibility index (Phi) is 4.63. The third kappa shape index (κ3) is 3.04. The Balaban J connectivity index is 2.28. The molecule has 0 aliphatic rings. The van der Waals surface area contributed by atoms with Gasteiger partial charge in [0.05, 0.1) is 10.0 Å². The van der Waals surface area contributed by atoms with Gasteiger partial charge in [-0.1, -0.05) is 30.1 Å². The average molecular weight is 322 g/mol. The zero-order valence-electron chi connectivity index (χ0n) is 9.28. The quantitative estimate of drug-likeness (QED) is 0.665. The highest BCUT2D eigenvalue weighted by atomic mass is 35.5. The number of pyridine rings is 1. The number of anilines is 1. The fourth-order valence-electron chi connectivity index (χ4n) is 1.13. The van der Waals surface area contributed by atoms with Crippen molar-refractivity contribution in [2.24, 2.45) is 5.84 Å². The average Bonchev–Trinajstić information content (AvgIpc) is 2.80. The Labute approximate surface area is 122 Å². The van der Waals surface area contributed by atoms with Crippen molar-refractivity contribution in [2.75, 3.05) is 5.43 Å². The van der Waals surface area contributed by atoms with Crippen molar-refractivity contribution >= 4 is 52.3 Å². The molecule has 0 atom stereocenters. The van der Waals surface area contributed by atoms with Crippen molar-refractivity contribution in [3.8, 4) is 0 Å². The number of halogens is 2. The lowest BCUT2D eigenvalue weighted by Gasteiger charge is -2.06. The van der Waals surface area contributed by atoms with E-state index in [1.807, 2.05) is 6.92 Å². The maximum absolute atomic E-state index is 6.07. The first-order valence-corrected chi connectivity index (χ1v) is 7.31. The number of nitrogen functional groups attached to an aromatic ring is 1. The van der Waals surface area contributed by atoms with Crippen LogP contribution < -0.4 is 11.3 Å². The molecule has 2 aromatic heterocycles. The largest absolute Gasteiger partial charge is 0.307 e. The molecule has 0 unspecified atom stereocenters. The Hall–Kier alpha value is -0.600. The SMILES string of the molecule is CCc1nsc(Sc2nc(NN)c(Cl)cc2Cl)n1. The summed E-state index contributed by atoms with van der Waals surface area (Å²) in [4.78, 5) is 8.55. The highest BCUT2D eigenvalue weighted by molar-refractivity contribution is 8.01. The number of rotatable bonds is 4. The monoisotopic (exact) mass is 321 g/mol. The van der Waals surface area contributed by atoms with Gasteiger partial charge < -0.3 is 5.43 Å². The zero-order valence-corrected chi connectivity index (χ0v) is 12.4. The number of hydrogen-bond acceptors (Lipinski definition) is 7. The summed E-state index contributed by atoms with van der Waals surface area (Å²) in [5, 5.41) is 1.42. The topological polar surface area (TPSA) is 76.7 Å². The predicted octanol–water partition coefficient (Wildman–Crippen LogP) is 3.24. The second-order valence-electron chi connectivity index (χ2n) is 3.18. The normalized spacial score (nSPS) is 10.7. The first kappa shape index (κ1) is 13.8. The molecule has 0 aliphatic carbocycles. The Morgan fingerprint density at radius 1 is 1.39 bits per heavy atom. The van der Waals surface area contributed by atoms with Crippen LogP contribution in [-0.4, -0.2) is 14.3 Å². The highest BCUT2D eigenvalue weighted by Gasteiger charge is 2.12. The molecule has 0 saturated heterocycles. The predicted molar refractivity (Wildman–Crippen MR) is 75.5 cm³/mol. The number of hydrazine groups is 1. The molecule has 0 bridgehead atoms. The summed E-state index contributed by atoms with van der Waals surface area (Å²) in [5.74, 6) is 6.50. The summed E-state index contributed by atoms with van der Waals surface area (Å²) in [7, 11) is 0. The summed E-state index contributed by atoms with van der Waals surface area (Å²) in [6.07, 6.45) is 0.800. The third-order valence-corrected chi connectivity index (χ3v) is 4.47. The molecular weight excluding hydrogens is 313 g/mol. The summed E-state index contributed by atoms with van der Waals surface area (Å²) in [6, 6.07) is 1.59. The van der Waals surface area contributed by atoms with E-state index in [4.69, 9.17) is 29.0 Å². The lowest BCUT2D eigenvalue weighted by Crippen LogP contribution is -2.09. The molecule has 0 spiro atoms. The number of aromatic nitrogens is 3. The highest BCUT2D eigenvalue weighted by Crippen LogP contribution is 2.36. The summed E-state index contributed by atoms with van der Waals surface area (Å²) < 4.78 is 4.98. The molecule has 0 fully saturated rings. The van der Waals surface area contributed by atoms with Crippen LogP contribution in [0.4, 0.5) is 5.82 Å². The number of hydrogen-bond donors (Lipinski definition) is 2. The van der Waals surface area contributed by atoms with E-state index in [2.05, 4.69) is 19.8 Å². The van der Waals surface area contributed by atoms with Crippen LogP contribution in [-0.2, 0) is 6.42 Å². The lowest BCUT2D eigenvalue weighted by molar-refractivity contribution is 0.970. The van der Waals surface area contributed by atoms with E-state index in [1.54, 1.807) is 6.07 Å². The van der Waals surface area contributed by atoms with Crippen LogP contribution in [0.5, 0.6) is 0 Å². The van der Waals surface area contributed by atoms with Gasteiger partial charge in [0.25, 0.3) is 0 Å². The molecule has 2 heterocycles. The number of nitrogens with two attached hydrogens (primary N) is 1. The molecule has 0 aliphatic heterocycles. The summed E-state index contributed by atoms with van der Waals surface area (Å²) in [6.45, 7) is 2.00. The molecule has 0 radical (unpaired) electrons. The van der Waals surface area contributed by atoms with E-state index < -0.39 is 0 Å². The van der Waals surface area contributed by atoms with Gasteiger partial charge in [0.1, 0.15) is 10.9 Å². The van der Waals surface area contributed by atoms with Gasteiger partial charge in [0.2, 0.25) is 0 Å². The van der Waals surface area contributed by atoms with Gasteiger partial charge in [-0.25, -0.2) is 15.8 Å². The van der Waals surface area contributed by atoms with Crippen LogP contribution in [0.2, 0.25) is 10.0 Å². The third-order valence-electron chi connectivity index (χ3n) is 1.98. The molecule has 0 amide bonds. The molecule has 96 valence electrons. The fraction of sp³-hybridized carbons (Fsp3) is 0.222. The Morgan fingerprint density at radius 2 is 2.17 bits per heavy atom. The second-order valence-corrected chi connectivity index (χ2v) is 5.98. The van der Waals surface area contributed by atoms with Crippen LogP contribution >= 0.6 is 46.5 Å². The van der Waals surface area contributed by atoms with Crippen LogP contribution in [0.25, 0.3) is 0 Å². The van der Waals surface area contributed by atoms with Gasteiger partial charge in [-0.15, -0.1) is 0 Å². The van der Waals surface area contributed by atoms with Gasteiger partial charge in [-0.3, -0.25) is 0 Å². The summed E-state index contributed by atoms with van der Waals surface area (Å²) in [5.41, 5.74) is 2.42. The standard InChI is InChI=1S/C9H9Cl2N5S2/c1-2-6-13-9(18-16-6)17-8-5(11)3-4(10)7(14-8)15-12/h3H,2,12H2,1H3,(H,14,15). The minimum atomic E-state index is 0.373. The van der Waals surface area contributed by atoms with Gasteiger partial charge in [-0.05, 0) is 29.4 Å². The van der Waals surface area contributed by atoms with E-state index >= 15 is 0 Å². The number of aryl methyl sites for hydroxylation is 1. The Morgan fingerprint density at radius 3 is 2.78 bits per heavy atom. The molecule has 2 rings (SSSR count). The first-order chi connectivity index (χ1) is 8.63. The van der Waals surface area contributed by atoms with Crippen LogP contribution in [0, 0.1) is 0 Å². The second kappa shape index (κ2) is 6.03. The van der Waals surface area contributed by atoms with Crippen molar-refractivity contribution in [1.82, 2.24) is 14.3 Å². The maximum Gasteiger partial charge on any atom is 0.176 e. The molecule has 5 nitrogen and oxygen atoms in total. The van der Waals surface area contributed by atoms with E-state index in [-0.39, 0.29) is 0 Å². The van der Waals surface area contributed by atoms with Gasteiger partial charge in [0, 0.05) is 6.42 Å². The van der Waals surface area contributed by atoms with E-state index in [0.717, 1.165) is 16.6 Å². The molecule has 0 aromatic carbocycles. The van der Waals surface area contributed by atoms with E-state index in [1.165, 1.54) is 23.3 Å². The molecular formula is C9H9Cl2N5S2. The maximum atomic E-state index is 6.07. The molecule has 2 aromatic rings. The van der Waals surface area contributed by atoms with Crippen LogP contribution in [0.15, 0.2) is 15.4 Å². The van der Waals surface area contributed by atoms with Gasteiger partial charge >= 0.3 is 0 Å². The van der Waals surface area contributed by atoms with Crippen molar-refractivity contribution in [1.29, 1.82) is 0 Å². The van der Waals surface area contributed by atoms with Crippen LogP contribution in [0.3, 0.4) is 0 Å². The smallest absolute Gasteiger partial charge is 0.176 e. The Bertz CT molecular complexity index is 560. The first-order valence-electron chi connectivity index (χ1n) is 4.97. The van der Waals surface area contributed by atoms with E-state index in [0.29, 0.717) is 20.9 Å². The van der Waals surface area contributed by atoms with Crippen LogP contribution in [0.1, 0.15) is 12.7 Å². The molecule has 0 saturated carbocycles. The van der Waals surface area contributed by atoms with Crippen molar-refractivity contribution in [2.45, 2.75) is 22.7 Å². The van der Waals surface area contributed by atoms with Gasteiger partial charge in [-0.2, -0.15) is 4.37 Å². The number of nitrogens with zero attached hydrogens (tertiary/aromatic N) is 3. The number of nitrogens with one attached hydrogen (secondary N) is 1. The molecule has 18 heavy (non-hydrogen) atoms. The van der Waals surface area contributed by atoms with E-state index in [9.17, 15) is 0 Å². The van der Waals surface area contributed by atoms with Gasteiger partial charge in [0.15, 0.2) is 10.2 Å². The minimum absolute atomic E-state index is 0.373. The fourth-order valence-corrected chi connectivity index (χ4v) is 3.26. The van der Waals surface area contributed by atoms with Crippen molar-refractivity contribution in [3.63, 3.8) is 0 Å². The van der Waals surface area contributed by atoms with Crippen molar-refractivity contribution < 1.29 is 0 Å². The van der Waals surface area contributed by atoms with Crippen molar-refractivity contribution in [3.05, 3.63) is 21.9 Å². The summed E-state index contributed by atoms with van der Waals surface area (Å²) >= 11 is 14.6. The molecule has 9 heteroatoms. The zero-order chi connectivity index (χ0) is 13.1.